The lowest BCUT2D eigenvalue weighted by Crippen LogP contribution is -2.30. The molecule has 0 radical (unpaired) electrons. The van der Waals surface area contributed by atoms with Crippen LogP contribution < -0.4 is 4.72 Å². The van der Waals surface area contributed by atoms with Gasteiger partial charge in [-0.1, -0.05) is 34.8 Å². The Balaban J connectivity index is 2.88. The first-order valence-corrected chi connectivity index (χ1v) is 7.82. The molecule has 112 valence electrons. The Morgan fingerprint density at radius 1 is 1.25 bits per heavy atom. The molecule has 0 aromatic heterocycles. The second kappa shape index (κ2) is 6.93. The number of carboxylic acids is 1. The minimum Gasteiger partial charge on any atom is -0.479 e. The van der Waals surface area contributed by atoms with Crippen molar-refractivity contribution in [2.45, 2.75) is 17.4 Å². The summed E-state index contributed by atoms with van der Waals surface area (Å²) in [4.78, 5) is 10.0. The lowest BCUT2D eigenvalue weighted by molar-refractivity contribution is -0.146. The summed E-state index contributed by atoms with van der Waals surface area (Å²) in [5, 5.41) is 17.4. The molecule has 10 heteroatoms. The number of aliphatic carboxylic acids is 1. The summed E-state index contributed by atoms with van der Waals surface area (Å²) in [7, 11) is -4.04. The molecule has 0 bridgehead atoms. The number of nitrogens with one attached hydrogen (secondary N) is 1. The van der Waals surface area contributed by atoms with Gasteiger partial charge < -0.3 is 10.2 Å². The Hall–Kier alpha value is -0.570. The zero-order valence-corrected chi connectivity index (χ0v) is 12.9. The Kier molecular flexibility index (Phi) is 6.06. The van der Waals surface area contributed by atoms with Gasteiger partial charge in [-0.05, 0) is 18.6 Å². The molecule has 1 aromatic rings. The number of aliphatic hydroxyl groups is 1. The molecule has 6 nitrogen and oxygen atoms in total. The molecule has 0 aliphatic heterocycles. The highest BCUT2D eigenvalue weighted by Gasteiger charge is 2.23. The number of halogens is 3. The largest absolute Gasteiger partial charge is 0.479 e. The topological polar surface area (TPSA) is 104 Å². The van der Waals surface area contributed by atoms with E-state index in [1.165, 1.54) is 12.1 Å². The minimum atomic E-state index is -4.04. The van der Waals surface area contributed by atoms with Crippen molar-refractivity contribution in [2.75, 3.05) is 6.54 Å². The molecule has 1 unspecified atom stereocenters. The van der Waals surface area contributed by atoms with E-state index in [0.29, 0.717) is 0 Å². The van der Waals surface area contributed by atoms with Gasteiger partial charge in [-0.3, -0.25) is 0 Å². The minimum absolute atomic E-state index is 0.159. The Bertz CT molecular complexity index is 596. The van der Waals surface area contributed by atoms with Crippen LogP contribution in [0, 0.1) is 0 Å². The standard InChI is InChI=1S/C10H10Cl3NO5S/c11-5-3-6(12)9(7(13)4-5)20(18,19)14-2-1-8(15)10(16)17/h3-4,8,14-15H,1-2H2,(H,16,17). The van der Waals surface area contributed by atoms with E-state index in [-0.39, 0.29) is 32.9 Å². The summed E-state index contributed by atoms with van der Waals surface area (Å²) in [6, 6.07) is 2.44. The highest BCUT2D eigenvalue weighted by molar-refractivity contribution is 7.89. The number of benzene rings is 1. The number of carboxylic acid groups (broad SMARTS) is 1. The van der Waals surface area contributed by atoms with Crippen LogP contribution in [0.2, 0.25) is 15.1 Å². The van der Waals surface area contributed by atoms with Crippen molar-refractivity contribution < 1.29 is 23.4 Å². The maximum Gasteiger partial charge on any atom is 0.332 e. The fourth-order valence-corrected chi connectivity index (χ4v) is 3.90. The number of sulfonamides is 1. The normalized spacial score (nSPS) is 13.2. The molecule has 20 heavy (non-hydrogen) atoms. The number of hydrogen-bond donors (Lipinski definition) is 3. The van der Waals surface area contributed by atoms with E-state index in [1.54, 1.807) is 0 Å². The van der Waals surface area contributed by atoms with Gasteiger partial charge in [0, 0.05) is 11.6 Å². The molecule has 0 aliphatic carbocycles. The van der Waals surface area contributed by atoms with E-state index in [2.05, 4.69) is 4.72 Å². The van der Waals surface area contributed by atoms with E-state index in [1.807, 2.05) is 0 Å². The van der Waals surface area contributed by atoms with Gasteiger partial charge in [-0.15, -0.1) is 0 Å². The van der Waals surface area contributed by atoms with Crippen molar-refractivity contribution in [2.24, 2.45) is 0 Å². The molecule has 1 aromatic carbocycles. The number of aliphatic hydroxyl groups excluding tert-OH is 1. The average Bonchev–Trinajstić information content (AvgIpc) is 2.26. The second-order valence-corrected chi connectivity index (χ2v) is 6.69. The van der Waals surface area contributed by atoms with E-state index < -0.39 is 22.1 Å². The van der Waals surface area contributed by atoms with Crippen LogP contribution in [-0.4, -0.2) is 37.2 Å². The van der Waals surface area contributed by atoms with Crippen LogP contribution in [0.15, 0.2) is 17.0 Å². The number of carbonyl (C=O) groups is 1. The highest BCUT2D eigenvalue weighted by Crippen LogP contribution is 2.32. The average molecular weight is 363 g/mol. The van der Waals surface area contributed by atoms with Crippen LogP contribution in [0.5, 0.6) is 0 Å². The maximum absolute atomic E-state index is 12.0. The van der Waals surface area contributed by atoms with Crippen molar-refractivity contribution in [1.29, 1.82) is 0 Å². The van der Waals surface area contributed by atoms with E-state index in [9.17, 15) is 13.2 Å². The van der Waals surface area contributed by atoms with Crippen LogP contribution in [0.1, 0.15) is 6.42 Å². The van der Waals surface area contributed by atoms with Crippen LogP contribution in [-0.2, 0) is 14.8 Å². The number of rotatable bonds is 6. The van der Waals surface area contributed by atoms with Crippen LogP contribution in [0.3, 0.4) is 0 Å². The Morgan fingerprint density at radius 3 is 2.20 bits per heavy atom. The van der Waals surface area contributed by atoms with Crippen molar-refractivity contribution >= 4 is 50.8 Å². The van der Waals surface area contributed by atoms with Gasteiger partial charge >= 0.3 is 5.97 Å². The summed E-state index contributed by atoms with van der Waals surface area (Å²) in [6.45, 7) is -0.287. The Morgan fingerprint density at radius 2 is 1.75 bits per heavy atom. The zero-order valence-electron chi connectivity index (χ0n) is 9.81. The van der Waals surface area contributed by atoms with Gasteiger partial charge in [0.15, 0.2) is 6.10 Å². The third-order valence-corrected chi connectivity index (χ3v) is 4.83. The summed E-state index contributed by atoms with van der Waals surface area (Å²) >= 11 is 17.2. The lowest BCUT2D eigenvalue weighted by Gasteiger charge is -2.11. The fourth-order valence-electron chi connectivity index (χ4n) is 1.31. The zero-order chi connectivity index (χ0) is 15.5. The summed E-state index contributed by atoms with van der Waals surface area (Å²) in [5.74, 6) is -1.44. The predicted octanol–water partition coefficient (Wildman–Crippen LogP) is 1.76. The maximum atomic E-state index is 12.0. The smallest absolute Gasteiger partial charge is 0.332 e. The summed E-state index contributed by atoms with van der Waals surface area (Å²) < 4.78 is 26.1. The van der Waals surface area contributed by atoms with Gasteiger partial charge in [0.2, 0.25) is 10.0 Å². The number of hydrogen-bond acceptors (Lipinski definition) is 4. The SMILES string of the molecule is O=C(O)C(O)CCNS(=O)(=O)c1c(Cl)cc(Cl)cc1Cl. The highest BCUT2D eigenvalue weighted by atomic mass is 35.5. The molecule has 1 rings (SSSR count). The molecule has 0 spiro atoms. The van der Waals surface area contributed by atoms with Crippen molar-refractivity contribution in [3.05, 3.63) is 27.2 Å². The molecule has 0 fully saturated rings. The van der Waals surface area contributed by atoms with E-state index >= 15 is 0 Å². The fraction of sp³-hybridized carbons (Fsp3) is 0.300. The van der Waals surface area contributed by atoms with Crippen LogP contribution in [0.25, 0.3) is 0 Å². The summed E-state index contributed by atoms with van der Waals surface area (Å²) in [6.07, 6.45) is -1.95. The summed E-state index contributed by atoms with van der Waals surface area (Å²) in [5.41, 5.74) is 0. The second-order valence-electron chi connectivity index (χ2n) is 3.74. The van der Waals surface area contributed by atoms with E-state index in [4.69, 9.17) is 45.0 Å². The van der Waals surface area contributed by atoms with Gasteiger partial charge in [0.05, 0.1) is 10.0 Å². The van der Waals surface area contributed by atoms with Gasteiger partial charge in [-0.2, -0.15) is 0 Å². The molecule has 0 heterocycles. The van der Waals surface area contributed by atoms with Crippen LogP contribution in [0.4, 0.5) is 0 Å². The third kappa shape index (κ3) is 4.47. The first-order chi connectivity index (χ1) is 9.15. The molecule has 1 atom stereocenters. The lowest BCUT2D eigenvalue weighted by atomic mass is 10.3. The molecule has 3 N–H and O–H groups in total. The van der Waals surface area contributed by atoms with Crippen molar-refractivity contribution in [1.82, 2.24) is 4.72 Å². The molecular formula is C10H10Cl3NO5S. The molecule has 0 aliphatic rings. The quantitative estimate of drug-likeness (QED) is 0.715. The monoisotopic (exact) mass is 361 g/mol. The van der Waals surface area contributed by atoms with E-state index in [0.717, 1.165) is 0 Å². The first kappa shape index (κ1) is 17.5. The molecular weight excluding hydrogens is 353 g/mol. The third-order valence-electron chi connectivity index (χ3n) is 2.23. The molecule has 0 saturated heterocycles. The van der Waals surface area contributed by atoms with Gasteiger partial charge in [0.25, 0.3) is 0 Å². The van der Waals surface area contributed by atoms with Gasteiger partial charge in [0.1, 0.15) is 4.90 Å². The van der Waals surface area contributed by atoms with Gasteiger partial charge in [-0.25, -0.2) is 17.9 Å². The predicted molar refractivity (Wildman–Crippen MR) is 74.9 cm³/mol. The first-order valence-electron chi connectivity index (χ1n) is 5.20. The molecule has 0 amide bonds. The van der Waals surface area contributed by atoms with Crippen molar-refractivity contribution in [3.63, 3.8) is 0 Å². The van der Waals surface area contributed by atoms with Crippen molar-refractivity contribution in [3.8, 4) is 0 Å². The Labute approximate surface area is 130 Å². The van der Waals surface area contributed by atoms with Crippen LogP contribution >= 0.6 is 34.8 Å². The molecule has 0 saturated carbocycles.